The third-order valence-electron chi connectivity index (χ3n) is 2.21. The molecule has 2 aromatic rings. The maximum absolute atomic E-state index is 11.6. The third kappa shape index (κ3) is 3.21. The van der Waals surface area contributed by atoms with E-state index >= 15 is 0 Å². The summed E-state index contributed by atoms with van der Waals surface area (Å²) in [5, 5.41) is 16.9. The molecule has 0 bridgehead atoms. The van der Waals surface area contributed by atoms with Crippen LogP contribution in [0.2, 0.25) is 0 Å². The van der Waals surface area contributed by atoms with E-state index < -0.39 is 18.5 Å². The van der Waals surface area contributed by atoms with E-state index in [4.69, 9.17) is 14.5 Å². The number of ether oxygens (including phenoxy) is 1. The lowest BCUT2D eigenvalue weighted by atomic mass is 10.3. The number of carbonyl (C=O) groups is 2. The second-order valence-electron chi connectivity index (χ2n) is 3.72. The first-order valence-electron chi connectivity index (χ1n) is 5.48. The first-order valence-corrected chi connectivity index (χ1v) is 6.36. The molecule has 102 valence electrons. The van der Waals surface area contributed by atoms with Gasteiger partial charge in [0.15, 0.2) is 12.3 Å². The molecule has 0 aliphatic carbocycles. The summed E-state index contributed by atoms with van der Waals surface area (Å²) in [4.78, 5) is 23.1. The molecule has 0 fully saturated rings. The summed E-state index contributed by atoms with van der Waals surface area (Å²) in [5.41, 5.74) is 0.367. The van der Waals surface area contributed by atoms with Crippen LogP contribution >= 0.6 is 11.3 Å². The molecule has 1 amide bonds. The molecular weight excluding hydrogens is 282 g/mol. The van der Waals surface area contributed by atoms with Crippen molar-refractivity contribution in [2.24, 2.45) is 0 Å². The summed E-state index contributed by atoms with van der Waals surface area (Å²) in [6.07, 6.45) is 0. The zero-order valence-electron chi connectivity index (χ0n) is 10.4. The summed E-state index contributed by atoms with van der Waals surface area (Å²) in [6.45, 7) is 1.17. The minimum atomic E-state index is -0.747. The number of esters is 1. The Kier molecular flexibility index (Phi) is 4.12. The number of rotatable bonds is 4. The number of thiophene rings is 1. The highest BCUT2D eigenvalue weighted by Gasteiger charge is 2.15. The Hall–Kier alpha value is -2.66. The predicted octanol–water partition coefficient (Wildman–Crippen LogP) is 1.71. The van der Waals surface area contributed by atoms with Crippen molar-refractivity contribution in [3.05, 3.63) is 34.5 Å². The second kappa shape index (κ2) is 5.99. The Labute approximate surface area is 117 Å². The molecule has 0 radical (unpaired) electrons. The average Bonchev–Trinajstić information content (AvgIpc) is 3.04. The summed E-state index contributed by atoms with van der Waals surface area (Å²) < 4.78 is 9.50. The molecule has 0 atom stereocenters. The molecule has 0 saturated heterocycles. The van der Waals surface area contributed by atoms with Crippen molar-refractivity contribution in [2.75, 3.05) is 11.9 Å². The van der Waals surface area contributed by atoms with E-state index in [0.29, 0.717) is 16.3 Å². The Balaban J connectivity index is 1.87. The molecule has 0 saturated carbocycles. The quantitative estimate of drug-likeness (QED) is 0.860. The molecule has 0 aliphatic heterocycles. The number of hydrogen-bond donors (Lipinski definition) is 1. The van der Waals surface area contributed by atoms with Gasteiger partial charge in [0, 0.05) is 6.07 Å². The Bertz CT molecular complexity index is 683. The molecule has 20 heavy (non-hydrogen) atoms. The van der Waals surface area contributed by atoms with Crippen LogP contribution in [0.5, 0.6) is 0 Å². The SMILES string of the molecule is Cc1cc(C(=O)OCC(=O)Nc2sccc2C#N)no1. The van der Waals surface area contributed by atoms with Gasteiger partial charge < -0.3 is 14.6 Å². The molecule has 1 N–H and O–H groups in total. The van der Waals surface area contributed by atoms with Gasteiger partial charge >= 0.3 is 5.97 Å². The zero-order chi connectivity index (χ0) is 14.5. The van der Waals surface area contributed by atoms with Crippen LogP contribution in [0, 0.1) is 18.3 Å². The number of hydrogen-bond acceptors (Lipinski definition) is 7. The summed E-state index contributed by atoms with van der Waals surface area (Å²) in [7, 11) is 0. The van der Waals surface area contributed by atoms with E-state index in [-0.39, 0.29) is 5.69 Å². The van der Waals surface area contributed by atoms with Crippen molar-refractivity contribution >= 4 is 28.2 Å². The molecule has 2 heterocycles. The van der Waals surface area contributed by atoms with E-state index in [2.05, 4.69) is 10.5 Å². The van der Waals surface area contributed by atoms with Crippen LogP contribution in [0.25, 0.3) is 0 Å². The lowest BCUT2D eigenvalue weighted by Gasteiger charge is -2.03. The van der Waals surface area contributed by atoms with Gasteiger partial charge in [-0.1, -0.05) is 5.16 Å². The van der Waals surface area contributed by atoms with Crippen molar-refractivity contribution in [3.63, 3.8) is 0 Å². The van der Waals surface area contributed by atoms with Gasteiger partial charge in [-0.3, -0.25) is 4.79 Å². The average molecular weight is 291 g/mol. The van der Waals surface area contributed by atoms with Crippen LogP contribution in [0.1, 0.15) is 21.8 Å². The number of nitriles is 1. The highest BCUT2D eigenvalue weighted by atomic mass is 32.1. The van der Waals surface area contributed by atoms with Gasteiger partial charge in [0.25, 0.3) is 5.91 Å². The number of amides is 1. The zero-order valence-corrected chi connectivity index (χ0v) is 11.2. The fourth-order valence-electron chi connectivity index (χ4n) is 1.32. The van der Waals surface area contributed by atoms with Crippen molar-refractivity contribution in [2.45, 2.75) is 6.92 Å². The fourth-order valence-corrected chi connectivity index (χ4v) is 2.08. The fraction of sp³-hybridized carbons (Fsp3) is 0.167. The monoisotopic (exact) mass is 291 g/mol. The van der Waals surface area contributed by atoms with Crippen LogP contribution in [0.3, 0.4) is 0 Å². The minimum Gasteiger partial charge on any atom is -0.451 e. The molecule has 8 heteroatoms. The first kappa shape index (κ1) is 13.8. The molecule has 0 spiro atoms. The van der Waals surface area contributed by atoms with Gasteiger partial charge in [0.1, 0.15) is 16.8 Å². The second-order valence-corrected chi connectivity index (χ2v) is 4.64. The van der Waals surface area contributed by atoms with Crippen LogP contribution in [-0.4, -0.2) is 23.6 Å². The topological polar surface area (TPSA) is 105 Å². The molecule has 2 rings (SSSR count). The predicted molar refractivity (Wildman–Crippen MR) is 69.2 cm³/mol. The largest absolute Gasteiger partial charge is 0.451 e. The van der Waals surface area contributed by atoms with E-state index in [9.17, 15) is 9.59 Å². The van der Waals surface area contributed by atoms with Gasteiger partial charge in [0.05, 0.1) is 5.56 Å². The first-order chi connectivity index (χ1) is 9.60. The van der Waals surface area contributed by atoms with E-state index in [1.54, 1.807) is 18.4 Å². The van der Waals surface area contributed by atoms with Gasteiger partial charge in [-0.15, -0.1) is 11.3 Å². The lowest BCUT2D eigenvalue weighted by Crippen LogP contribution is -2.20. The number of anilines is 1. The van der Waals surface area contributed by atoms with Crippen molar-refractivity contribution in [1.29, 1.82) is 5.26 Å². The van der Waals surface area contributed by atoms with E-state index in [0.717, 1.165) is 0 Å². The number of aryl methyl sites for hydroxylation is 1. The van der Waals surface area contributed by atoms with Gasteiger partial charge in [-0.05, 0) is 18.4 Å². The molecule has 2 aromatic heterocycles. The molecule has 0 aliphatic rings. The molecular formula is C12H9N3O4S. The number of nitrogens with one attached hydrogen (secondary N) is 1. The molecule has 0 unspecified atom stereocenters. The van der Waals surface area contributed by atoms with Crippen molar-refractivity contribution in [1.82, 2.24) is 5.16 Å². The summed E-state index contributed by atoms with van der Waals surface area (Å²) in [5.74, 6) is -0.806. The number of carbonyl (C=O) groups excluding carboxylic acids is 2. The van der Waals surface area contributed by atoms with Crippen molar-refractivity contribution in [3.8, 4) is 6.07 Å². The maximum atomic E-state index is 11.6. The highest BCUT2D eigenvalue weighted by molar-refractivity contribution is 7.14. The van der Waals surface area contributed by atoms with E-state index in [1.807, 2.05) is 6.07 Å². The number of nitrogens with zero attached hydrogens (tertiary/aromatic N) is 2. The van der Waals surface area contributed by atoms with Gasteiger partial charge in [0.2, 0.25) is 0 Å². The standard InChI is InChI=1S/C12H9N3O4S/c1-7-4-9(15-19-7)12(17)18-6-10(16)14-11-8(5-13)2-3-20-11/h2-4H,6H2,1H3,(H,14,16). The summed E-state index contributed by atoms with van der Waals surface area (Å²) >= 11 is 1.21. The normalized spacial score (nSPS) is 9.80. The van der Waals surface area contributed by atoms with Gasteiger partial charge in [-0.25, -0.2) is 4.79 Å². The van der Waals surface area contributed by atoms with Gasteiger partial charge in [-0.2, -0.15) is 5.26 Å². The van der Waals surface area contributed by atoms with Crippen LogP contribution in [-0.2, 0) is 9.53 Å². The van der Waals surface area contributed by atoms with Crippen LogP contribution in [0.15, 0.2) is 22.0 Å². The Morgan fingerprint density at radius 3 is 3.05 bits per heavy atom. The lowest BCUT2D eigenvalue weighted by molar-refractivity contribution is -0.119. The Morgan fingerprint density at radius 1 is 1.60 bits per heavy atom. The van der Waals surface area contributed by atoms with Crippen LogP contribution in [0.4, 0.5) is 5.00 Å². The maximum Gasteiger partial charge on any atom is 0.361 e. The van der Waals surface area contributed by atoms with E-state index in [1.165, 1.54) is 17.4 Å². The minimum absolute atomic E-state index is 0.00383. The number of aromatic nitrogens is 1. The highest BCUT2D eigenvalue weighted by Crippen LogP contribution is 2.21. The molecule has 0 aromatic carbocycles. The van der Waals surface area contributed by atoms with Crippen molar-refractivity contribution < 1.29 is 18.8 Å². The van der Waals surface area contributed by atoms with Crippen LogP contribution < -0.4 is 5.32 Å². The molecule has 7 nitrogen and oxygen atoms in total. The summed E-state index contributed by atoms with van der Waals surface area (Å²) in [6, 6.07) is 4.94. The third-order valence-corrected chi connectivity index (χ3v) is 3.04. The Morgan fingerprint density at radius 2 is 2.40 bits per heavy atom. The smallest absolute Gasteiger partial charge is 0.361 e.